The van der Waals surface area contributed by atoms with Gasteiger partial charge in [0.05, 0.1) is 5.69 Å². The third kappa shape index (κ3) is 2.22. The van der Waals surface area contributed by atoms with Crippen LogP contribution in [-0.4, -0.2) is 25.0 Å². The summed E-state index contributed by atoms with van der Waals surface area (Å²) in [6.45, 7) is -0.192. The highest BCUT2D eigenvalue weighted by Gasteiger charge is 2.16. The largest absolute Gasteiger partial charge is 0.484 e. The lowest BCUT2D eigenvalue weighted by atomic mass is 10.2. The molecule has 0 saturated heterocycles. The topological polar surface area (TPSA) is 90.7 Å². The van der Waals surface area contributed by atoms with E-state index in [1.807, 2.05) is 0 Å². The van der Waals surface area contributed by atoms with Crippen LogP contribution in [0.15, 0.2) is 18.2 Å². The Morgan fingerprint density at radius 1 is 1.56 bits per heavy atom. The molecule has 2 rings (SSSR count). The van der Waals surface area contributed by atoms with Crippen molar-refractivity contribution in [2.45, 2.75) is 0 Å². The number of nitrogens with one attached hydrogen (secondary N) is 1. The smallest absolute Gasteiger partial charge is 0.262 e. The number of nitrogens with two attached hydrogens (primary N) is 1. The second-order valence-electron chi connectivity index (χ2n) is 3.25. The minimum atomic E-state index is -0.557. The summed E-state index contributed by atoms with van der Waals surface area (Å²) >= 11 is 0. The standard InChI is InChI=1S/C10H10N2O4/c11-9(13)4-15-6-1-2-8-7(3-6)12-10(14)5-16-8/h1-3H,4-5H2,(H2,11,13)(H,12,14). The molecule has 0 radical (unpaired) electrons. The average molecular weight is 222 g/mol. The molecule has 1 aromatic carbocycles. The lowest BCUT2D eigenvalue weighted by molar-refractivity contribution is -0.120. The number of amides is 2. The molecular weight excluding hydrogens is 212 g/mol. The van der Waals surface area contributed by atoms with E-state index in [-0.39, 0.29) is 19.1 Å². The normalized spacial score (nSPS) is 13.4. The van der Waals surface area contributed by atoms with E-state index in [9.17, 15) is 9.59 Å². The summed E-state index contributed by atoms with van der Waals surface area (Å²) in [5.74, 6) is 0.243. The van der Waals surface area contributed by atoms with Gasteiger partial charge in [-0.2, -0.15) is 0 Å². The molecule has 1 aliphatic heterocycles. The first-order chi connectivity index (χ1) is 7.65. The van der Waals surface area contributed by atoms with Crippen molar-refractivity contribution < 1.29 is 19.1 Å². The Labute approximate surface area is 91.3 Å². The quantitative estimate of drug-likeness (QED) is 0.746. The minimum Gasteiger partial charge on any atom is -0.484 e. The molecule has 84 valence electrons. The molecular formula is C10H10N2O4. The van der Waals surface area contributed by atoms with E-state index in [1.54, 1.807) is 18.2 Å². The van der Waals surface area contributed by atoms with Gasteiger partial charge in [-0.05, 0) is 12.1 Å². The molecule has 0 atom stereocenters. The van der Waals surface area contributed by atoms with Gasteiger partial charge in [0.25, 0.3) is 11.8 Å². The van der Waals surface area contributed by atoms with Crippen LogP contribution in [0.5, 0.6) is 11.5 Å². The molecule has 0 saturated carbocycles. The van der Waals surface area contributed by atoms with Crippen molar-refractivity contribution in [1.29, 1.82) is 0 Å². The van der Waals surface area contributed by atoms with Gasteiger partial charge < -0.3 is 20.5 Å². The first-order valence-corrected chi connectivity index (χ1v) is 4.63. The zero-order valence-corrected chi connectivity index (χ0v) is 8.36. The molecule has 0 aliphatic carbocycles. The van der Waals surface area contributed by atoms with Gasteiger partial charge in [0.15, 0.2) is 13.2 Å². The Balaban J connectivity index is 2.14. The molecule has 0 aromatic heterocycles. The molecule has 1 aliphatic rings. The first-order valence-electron chi connectivity index (χ1n) is 4.63. The number of fused-ring (bicyclic) bond motifs is 1. The number of anilines is 1. The molecule has 0 unspecified atom stereocenters. The van der Waals surface area contributed by atoms with Crippen LogP contribution in [0.2, 0.25) is 0 Å². The third-order valence-electron chi connectivity index (χ3n) is 1.96. The maximum Gasteiger partial charge on any atom is 0.262 e. The van der Waals surface area contributed by atoms with E-state index < -0.39 is 5.91 Å². The van der Waals surface area contributed by atoms with Crippen LogP contribution in [0.4, 0.5) is 5.69 Å². The van der Waals surface area contributed by atoms with Crippen LogP contribution in [-0.2, 0) is 9.59 Å². The zero-order chi connectivity index (χ0) is 11.5. The summed E-state index contributed by atoms with van der Waals surface area (Å²) in [4.78, 5) is 21.6. The van der Waals surface area contributed by atoms with Gasteiger partial charge in [-0.25, -0.2) is 0 Å². The van der Waals surface area contributed by atoms with Gasteiger partial charge in [-0.15, -0.1) is 0 Å². The van der Waals surface area contributed by atoms with Crippen LogP contribution in [0.25, 0.3) is 0 Å². The van der Waals surface area contributed by atoms with Crippen molar-refractivity contribution in [3.63, 3.8) is 0 Å². The first kappa shape index (κ1) is 10.3. The van der Waals surface area contributed by atoms with Crippen LogP contribution in [0.3, 0.4) is 0 Å². The van der Waals surface area contributed by atoms with Crippen molar-refractivity contribution in [3.05, 3.63) is 18.2 Å². The van der Waals surface area contributed by atoms with E-state index in [0.29, 0.717) is 17.2 Å². The minimum absolute atomic E-state index is 0.00842. The van der Waals surface area contributed by atoms with E-state index in [0.717, 1.165) is 0 Å². The van der Waals surface area contributed by atoms with Crippen LogP contribution in [0, 0.1) is 0 Å². The van der Waals surface area contributed by atoms with Crippen molar-refractivity contribution in [3.8, 4) is 11.5 Å². The number of primary amides is 1. The Bertz CT molecular complexity index is 444. The van der Waals surface area contributed by atoms with Gasteiger partial charge >= 0.3 is 0 Å². The fraction of sp³-hybridized carbons (Fsp3) is 0.200. The number of carbonyl (C=O) groups excluding carboxylic acids is 2. The van der Waals surface area contributed by atoms with Crippen molar-refractivity contribution in [2.24, 2.45) is 5.73 Å². The predicted molar refractivity (Wildman–Crippen MR) is 55.3 cm³/mol. The summed E-state index contributed by atoms with van der Waals surface area (Å²) < 4.78 is 10.2. The predicted octanol–water partition coefficient (Wildman–Crippen LogP) is -0.118. The second-order valence-corrected chi connectivity index (χ2v) is 3.25. The van der Waals surface area contributed by atoms with Crippen molar-refractivity contribution in [1.82, 2.24) is 0 Å². The van der Waals surface area contributed by atoms with Crippen molar-refractivity contribution in [2.75, 3.05) is 18.5 Å². The van der Waals surface area contributed by atoms with Gasteiger partial charge in [0.2, 0.25) is 0 Å². The van der Waals surface area contributed by atoms with Crippen LogP contribution >= 0.6 is 0 Å². The van der Waals surface area contributed by atoms with Gasteiger partial charge in [0, 0.05) is 6.07 Å². The van der Waals surface area contributed by atoms with Crippen LogP contribution < -0.4 is 20.5 Å². The molecule has 6 heteroatoms. The molecule has 0 spiro atoms. The van der Waals surface area contributed by atoms with Crippen LogP contribution in [0.1, 0.15) is 0 Å². The molecule has 3 N–H and O–H groups in total. The summed E-state index contributed by atoms with van der Waals surface area (Å²) in [6, 6.07) is 4.87. The van der Waals surface area contributed by atoms with E-state index in [2.05, 4.69) is 5.32 Å². The molecule has 1 aromatic rings. The van der Waals surface area contributed by atoms with E-state index in [4.69, 9.17) is 15.2 Å². The van der Waals surface area contributed by atoms with Gasteiger partial charge in [-0.3, -0.25) is 9.59 Å². The highest BCUT2D eigenvalue weighted by molar-refractivity contribution is 5.95. The third-order valence-corrected chi connectivity index (χ3v) is 1.96. The monoisotopic (exact) mass is 222 g/mol. The molecule has 2 amide bonds. The number of benzene rings is 1. The lowest BCUT2D eigenvalue weighted by Crippen LogP contribution is -2.25. The fourth-order valence-electron chi connectivity index (χ4n) is 1.31. The molecule has 6 nitrogen and oxygen atoms in total. The molecule has 0 bridgehead atoms. The summed E-state index contributed by atoms with van der Waals surface area (Å²) in [5.41, 5.74) is 5.47. The highest BCUT2D eigenvalue weighted by Crippen LogP contribution is 2.31. The number of rotatable bonds is 3. The Morgan fingerprint density at radius 2 is 2.38 bits per heavy atom. The SMILES string of the molecule is NC(=O)COc1ccc2c(c1)NC(=O)CO2. The number of hydrogen-bond acceptors (Lipinski definition) is 4. The van der Waals surface area contributed by atoms with Crippen molar-refractivity contribution >= 4 is 17.5 Å². The highest BCUT2D eigenvalue weighted by atomic mass is 16.5. The average Bonchev–Trinajstić information content (AvgIpc) is 2.25. The summed E-state index contributed by atoms with van der Waals surface area (Å²) in [5, 5.41) is 2.63. The Morgan fingerprint density at radius 3 is 3.12 bits per heavy atom. The van der Waals surface area contributed by atoms with E-state index >= 15 is 0 Å². The van der Waals surface area contributed by atoms with Gasteiger partial charge in [0.1, 0.15) is 11.5 Å². The second kappa shape index (κ2) is 4.09. The van der Waals surface area contributed by atoms with Gasteiger partial charge in [-0.1, -0.05) is 0 Å². The Hall–Kier alpha value is -2.24. The zero-order valence-electron chi connectivity index (χ0n) is 8.36. The number of hydrogen-bond donors (Lipinski definition) is 2. The molecule has 1 heterocycles. The number of ether oxygens (including phenoxy) is 2. The summed E-state index contributed by atoms with van der Waals surface area (Å²) in [7, 11) is 0. The fourth-order valence-corrected chi connectivity index (χ4v) is 1.31. The summed E-state index contributed by atoms with van der Waals surface area (Å²) in [6.07, 6.45) is 0. The van der Waals surface area contributed by atoms with E-state index in [1.165, 1.54) is 0 Å². The molecule has 0 fully saturated rings. The Kier molecular flexibility index (Phi) is 2.63. The molecule has 16 heavy (non-hydrogen) atoms. The maximum atomic E-state index is 11.1. The lowest BCUT2D eigenvalue weighted by Gasteiger charge is -2.18. The maximum absolute atomic E-state index is 11.1. The number of carbonyl (C=O) groups is 2.